The Hall–Kier alpha value is -1.46. The first-order valence-electron chi connectivity index (χ1n) is 6.83. The molecule has 0 radical (unpaired) electrons. The molecule has 0 aromatic heterocycles. The zero-order valence-corrected chi connectivity index (χ0v) is 13.7. The van der Waals surface area contributed by atoms with Crippen molar-refractivity contribution < 1.29 is 14.3 Å². The summed E-state index contributed by atoms with van der Waals surface area (Å²) in [5.74, 6) is 0.723. The van der Waals surface area contributed by atoms with Gasteiger partial charge in [0, 0.05) is 28.7 Å². The number of hydrogen-bond donors (Lipinski definition) is 2. The fraction of sp³-hybridized carbons (Fsp3) is 0.533. The second-order valence-electron chi connectivity index (χ2n) is 5.37. The molecule has 1 aromatic carbocycles. The van der Waals surface area contributed by atoms with Crippen molar-refractivity contribution in [2.45, 2.75) is 39.3 Å². The van der Waals surface area contributed by atoms with Crippen LogP contribution in [0.3, 0.4) is 0 Å². The first-order chi connectivity index (χ1) is 9.82. The van der Waals surface area contributed by atoms with Gasteiger partial charge in [0.05, 0.1) is 7.11 Å². The van der Waals surface area contributed by atoms with Crippen LogP contribution in [0.5, 0.6) is 11.5 Å². The first-order valence-corrected chi connectivity index (χ1v) is 7.21. The van der Waals surface area contributed by atoms with E-state index in [-0.39, 0.29) is 24.6 Å². The maximum absolute atomic E-state index is 11.9. The molecule has 0 aliphatic heterocycles. The van der Waals surface area contributed by atoms with Crippen LogP contribution in [0.15, 0.2) is 12.1 Å². The van der Waals surface area contributed by atoms with E-state index in [1.54, 1.807) is 12.1 Å². The summed E-state index contributed by atoms with van der Waals surface area (Å²) in [4.78, 5) is 11.9. The highest BCUT2D eigenvalue weighted by atomic mass is 35.5. The molecule has 0 saturated heterocycles. The Kier molecular flexibility index (Phi) is 6.30. The second kappa shape index (κ2) is 7.52. The van der Waals surface area contributed by atoms with Gasteiger partial charge in [-0.25, -0.2) is 0 Å². The van der Waals surface area contributed by atoms with Crippen molar-refractivity contribution in [2.24, 2.45) is 5.73 Å². The molecule has 1 amide bonds. The van der Waals surface area contributed by atoms with E-state index >= 15 is 0 Å². The van der Waals surface area contributed by atoms with E-state index in [2.05, 4.69) is 5.32 Å². The summed E-state index contributed by atoms with van der Waals surface area (Å²) in [6.07, 6.45) is 0.830. The van der Waals surface area contributed by atoms with Crippen LogP contribution < -0.4 is 20.5 Å². The number of carbonyl (C=O) groups is 1. The Morgan fingerprint density at radius 2 is 2.10 bits per heavy atom. The first kappa shape index (κ1) is 17.6. The number of hydrogen-bond acceptors (Lipinski definition) is 4. The maximum atomic E-state index is 11.9. The number of ether oxygens (including phenoxy) is 2. The largest absolute Gasteiger partial charge is 0.493 e. The van der Waals surface area contributed by atoms with E-state index in [0.717, 1.165) is 6.42 Å². The average Bonchev–Trinajstić information content (AvgIpc) is 2.44. The topological polar surface area (TPSA) is 73.6 Å². The summed E-state index contributed by atoms with van der Waals surface area (Å²) >= 11 is 5.98. The summed E-state index contributed by atoms with van der Waals surface area (Å²) < 4.78 is 10.8. The molecule has 0 fully saturated rings. The normalized spacial score (nSPS) is 11.1. The van der Waals surface area contributed by atoms with Crippen molar-refractivity contribution in [1.29, 1.82) is 0 Å². The smallest absolute Gasteiger partial charge is 0.258 e. The van der Waals surface area contributed by atoms with Crippen LogP contribution >= 0.6 is 11.6 Å². The molecule has 0 aliphatic carbocycles. The quantitative estimate of drug-likeness (QED) is 0.811. The number of rotatable bonds is 7. The van der Waals surface area contributed by atoms with E-state index in [4.69, 9.17) is 26.8 Å². The van der Waals surface area contributed by atoms with Gasteiger partial charge in [0.2, 0.25) is 0 Å². The van der Waals surface area contributed by atoms with Gasteiger partial charge in [-0.15, -0.1) is 0 Å². The van der Waals surface area contributed by atoms with Crippen LogP contribution in [-0.2, 0) is 11.3 Å². The SMILES string of the molecule is CCC(C)(C)NC(=O)COc1c(CN)cc(Cl)cc1OC. The van der Waals surface area contributed by atoms with Gasteiger partial charge < -0.3 is 20.5 Å². The van der Waals surface area contributed by atoms with Crippen molar-refractivity contribution in [2.75, 3.05) is 13.7 Å². The molecule has 5 nitrogen and oxygen atoms in total. The lowest BCUT2D eigenvalue weighted by atomic mass is 10.0. The fourth-order valence-corrected chi connectivity index (χ4v) is 1.96. The van der Waals surface area contributed by atoms with Crippen LogP contribution in [-0.4, -0.2) is 25.2 Å². The highest BCUT2D eigenvalue weighted by Crippen LogP contribution is 2.34. The predicted molar refractivity (Wildman–Crippen MR) is 83.9 cm³/mol. The van der Waals surface area contributed by atoms with Gasteiger partial charge in [0.15, 0.2) is 18.1 Å². The molecule has 1 aromatic rings. The molecule has 0 bridgehead atoms. The lowest BCUT2D eigenvalue weighted by molar-refractivity contribution is -0.124. The van der Waals surface area contributed by atoms with E-state index < -0.39 is 0 Å². The molecule has 0 aliphatic rings. The molecule has 0 spiro atoms. The minimum atomic E-state index is -0.263. The monoisotopic (exact) mass is 314 g/mol. The second-order valence-corrected chi connectivity index (χ2v) is 5.81. The standard InChI is InChI=1S/C15H23ClN2O3/c1-5-15(2,3)18-13(19)9-21-14-10(8-17)6-11(16)7-12(14)20-4/h6-7H,5,8-9,17H2,1-4H3,(H,18,19). The van der Waals surface area contributed by atoms with Crippen LogP contribution in [0.4, 0.5) is 0 Å². The molecule has 6 heteroatoms. The Labute approximate surface area is 130 Å². The predicted octanol–water partition coefficient (Wildman–Crippen LogP) is 2.49. The molecular weight excluding hydrogens is 292 g/mol. The number of carbonyl (C=O) groups excluding carboxylic acids is 1. The van der Waals surface area contributed by atoms with E-state index in [1.807, 2.05) is 20.8 Å². The number of nitrogens with one attached hydrogen (secondary N) is 1. The Morgan fingerprint density at radius 1 is 1.43 bits per heavy atom. The molecule has 1 rings (SSSR count). The summed E-state index contributed by atoms with van der Waals surface area (Å²) in [5.41, 5.74) is 6.11. The third-order valence-corrected chi connectivity index (χ3v) is 3.46. The Bertz CT molecular complexity index is 479. The van der Waals surface area contributed by atoms with Crippen molar-refractivity contribution in [3.05, 3.63) is 22.7 Å². The number of benzene rings is 1. The molecule has 3 N–H and O–H groups in total. The molecule has 118 valence electrons. The molecule has 21 heavy (non-hydrogen) atoms. The minimum absolute atomic E-state index is 0.103. The summed E-state index contributed by atoms with van der Waals surface area (Å²) in [7, 11) is 1.51. The number of amides is 1. The van der Waals surface area contributed by atoms with Crippen molar-refractivity contribution in [1.82, 2.24) is 5.32 Å². The molecular formula is C15H23ClN2O3. The molecule has 0 saturated carbocycles. The molecule has 0 heterocycles. The van der Waals surface area contributed by atoms with Crippen molar-refractivity contribution in [3.8, 4) is 11.5 Å². The van der Waals surface area contributed by atoms with E-state index in [9.17, 15) is 4.79 Å². The van der Waals surface area contributed by atoms with Gasteiger partial charge in [-0.3, -0.25) is 4.79 Å². The van der Waals surface area contributed by atoms with Crippen molar-refractivity contribution in [3.63, 3.8) is 0 Å². The molecule has 0 atom stereocenters. The van der Waals surface area contributed by atoms with Gasteiger partial charge >= 0.3 is 0 Å². The Balaban J connectivity index is 2.81. The summed E-state index contributed by atoms with van der Waals surface area (Å²) in [6, 6.07) is 3.33. The van der Waals surface area contributed by atoms with Crippen LogP contribution in [0.25, 0.3) is 0 Å². The number of nitrogens with two attached hydrogens (primary N) is 1. The van der Waals surface area contributed by atoms with Gasteiger partial charge in [0.1, 0.15) is 0 Å². The minimum Gasteiger partial charge on any atom is -0.493 e. The van der Waals surface area contributed by atoms with Gasteiger partial charge in [-0.05, 0) is 26.3 Å². The lowest BCUT2D eigenvalue weighted by Crippen LogP contribution is -2.45. The van der Waals surface area contributed by atoms with Crippen LogP contribution in [0.2, 0.25) is 5.02 Å². The van der Waals surface area contributed by atoms with E-state index in [1.165, 1.54) is 7.11 Å². The zero-order chi connectivity index (χ0) is 16.0. The number of methoxy groups -OCH3 is 1. The van der Waals surface area contributed by atoms with Gasteiger partial charge in [-0.1, -0.05) is 18.5 Å². The third-order valence-electron chi connectivity index (χ3n) is 3.25. The average molecular weight is 315 g/mol. The highest BCUT2D eigenvalue weighted by Gasteiger charge is 2.19. The third kappa shape index (κ3) is 5.10. The summed E-state index contributed by atoms with van der Waals surface area (Å²) in [5, 5.41) is 3.41. The van der Waals surface area contributed by atoms with Crippen LogP contribution in [0, 0.1) is 0 Å². The lowest BCUT2D eigenvalue weighted by Gasteiger charge is -2.24. The number of halogens is 1. The van der Waals surface area contributed by atoms with Crippen LogP contribution in [0.1, 0.15) is 32.8 Å². The van der Waals surface area contributed by atoms with Crippen molar-refractivity contribution >= 4 is 17.5 Å². The Morgan fingerprint density at radius 3 is 2.62 bits per heavy atom. The fourth-order valence-electron chi connectivity index (χ4n) is 1.73. The van der Waals surface area contributed by atoms with Gasteiger partial charge in [0.25, 0.3) is 5.91 Å². The van der Waals surface area contributed by atoms with E-state index in [0.29, 0.717) is 22.1 Å². The highest BCUT2D eigenvalue weighted by molar-refractivity contribution is 6.30. The maximum Gasteiger partial charge on any atom is 0.258 e. The molecule has 0 unspecified atom stereocenters. The zero-order valence-electron chi connectivity index (χ0n) is 13.0. The summed E-state index contributed by atoms with van der Waals surface area (Å²) in [6.45, 7) is 6.07. The van der Waals surface area contributed by atoms with Gasteiger partial charge in [-0.2, -0.15) is 0 Å².